The molecule has 0 radical (unpaired) electrons. The maximum Gasteiger partial charge on any atom is 0.339 e. The van der Waals surface area contributed by atoms with Gasteiger partial charge in [-0.3, -0.25) is 0 Å². The topological polar surface area (TPSA) is 26.3 Å². The number of hydrogen-bond acceptors (Lipinski definition) is 2. The van der Waals surface area contributed by atoms with Gasteiger partial charge < -0.3 is 4.74 Å². The van der Waals surface area contributed by atoms with E-state index in [0.29, 0.717) is 12.2 Å². The third kappa shape index (κ3) is 4.28. The molecule has 0 fully saturated rings. The molecule has 0 bridgehead atoms. The summed E-state index contributed by atoms with van der Waals surface area (Å²) in [7, 11) is 0. The molecule has 0 spiro atoms. The molecule has 0 amide bonds. The van der Waals surface area contributed by atoms with Crippen LogP contribution in [0.2, 0.25) is 0 Å². The van der Waals surface area contributed by atoms with E-state index in [9.17, 15) is 4.79 Å². The first-order valence-corrected chi connectivity index (χ1v) is 8.11. The molecule has 0 atom stereocenters. The van der Waals surface area contributed by atoms with Crippen LogP contribution in [0.1, 0.15) is 30.1 Å². The number of halogens is 3. The Morgan fingerprint density at radius 1 is 1.31 bits per heavy atom. The Bertz CT molecular complexity index is 391. The molecule has 0 aliphatic rings. The van der Waals surface area contributed by atoms with E-state index in [1.165, 1.54) is 0 Å². The molecular formula is C11H11I3O2. The molecule has 5 heteroatoms. The van der Waals surface area contributed by atoms with Crippen LogP contribution < -0.4 is 0 Å². The van der Waals surface area contributed by atoms with E-state index < -0.39 is 0 Å². The van der Waals surface area contributed by atoms with Crippen LogP contribution in [-0.2, 0) is 4.74 Å². The van der Waals surface area contributed by atoms with Crippen molar-refractivity contribution in [2.75, 3.05) is 6.61 Å². The minimum Gasteiger partial charge on any atom is -0.462 e. The SMILES string of the molecule is CCCCOC(=O)c1cc(I)cc(I)c1I. The van der Waals surface area contributed by atoms with Gasteiger partial charge in [0.1, 0.15) is 0 Å². The monoisotopic (exact) mass is 556 g/mol. The van der Waals surface area contributed by atoms with Crippen LogP contribution in [0.4, 0.5) is 0 Å². The molecule has 1 aromatic rings. The number of unbranched alkanes of at least 4 members (excludes halogenated alkanes) is 1. The lowest BCUT2D eigenvalue weighted by Crippen LogP contribution is -2.09. The predicted octanol–water partition coefficient (Wildman–Crippen LogP) is 4.46. The van der Waals surface area contributed by atoms with E-state index in [0.717, 1.165) is 23.6 Å². The first-order chi connectivity index (χ1) is 7.56. The van der Waals surface area contributed by atoms with Crippen molar-refractivity contribution in [3.05, 3.63) is 28.4 Å². The maximum atomic E-state index is 11.8. The summed E-state index contributed by atoms with van der Waals surface area (Å²) in [6, 6.07) is 3.92. The molecule has 0 aromatic heterocycles. The summed E-state index contributed by atoms with van der Waals surface area (Å²) in [6.45, 7) is 2.58. The highest BCUT2D eigenvalue weighted by Crippen LogP contribution is 2.23. The Balaban J connectivity index is 2.82. The van der Waals surface area contributed by atoms with Gasteiger partial charge in [0.05, 0.1) is 12.2 Å². The average Bonchev–Trinajstić information content (AvgIpc) is 2.23. The van der Waals surface area contributed by atoms with Crippen LogP contribution in [0.15, 0.2) is 12.1 Å². The standard InChI is InChI=1S/C11H11I3O2/c1-2-3-4-16-11(15)8-5-7(12)6-9(13)10(8)14/h5-6H,2-4H2,1H3. The van der Waals surface area contributed by atoms with Crippen LogP contribution in [0.5, 0.6) is 0 Å². The molecule has 0 heterocycles. The second kappa shape index (κ2) is 7.34. The Kier molecular flexibility index (Phi) is 6.86. The van der Waals surface area contributed by atoms with Gasteiger partial charge in [-0.05, 0) is 86.3 Å². The molecule has 0 N–H and O–H groups in total. The highest BCUT2D eigenvalue weighted by atomic mass is 127. The highest BCUT2D eigenvalue weighted by molar-refractivity contribution is 14.1. The van der Waals surface area contributed by atoms with Crippen molar-refractivity contribution in [2.45, 2.75) is 19.8 Å². The van der Waals surface area contributed by atoms with Crippen molar-refractivity contribution in [1.29, 1.82) is 0 Å². The van der Waals surface area contributed by atoms with Crippen molar-refractivity contribution in [3.8, 4) is 0 Å². The van der Waals surface area contributed by atoms with Crippen molar-refractivity contribution in [1.82, 2.24) is 0 Å². The fourth-order valence-electron chi connectivity index (χ4n) is 1.09. The summed E-state index contributed by atoms with van der Waals surface area (Å²) in [5.41, 5.74) is 0.674. The molecule has 1 rings (SSSR count). The Hall–Kier alpha value is 0.880. The lowest BCUT2D eigenvalue weighted by molar-refractivity contribution is 0.0498. The van der Waals surface area contributed by atoms with E-state index >= 15 is 0 Å². The van der Waals surface area contributed by atoms with Crippen molar-refractivity contribution in [2.24, 2.45) is 0 Å². The van der Waals surface area contributed by atoms with E-state index in [-0.39, 0.29) is 5.97 Å². The second-order valence-corrected chi connectivity index (χ2v) is 6.73. The van der Waals surface area contributed by atoms with Crippen molar-refractivity contribution in [3.63, 3.8) is 0 Å². The summed E-state index contributed by atoms with van der Waals surface area (Å²) in [4.78, 5) is 11.8. The highest BCUT2D eigenvalue weighted by Gasteiger charge is 2.14. The molecule has 0 aliphatic heterocycles. The minimum absolute atomic E-state index is 0.214. The number of carbonyl (C=O) groups is 1. The third-order valence-corrected chi connectivity index (χ3v) is 5.61. The number of rotatable bonds is 4. The summed E-state index contributed by atoms with van der Waals surface area (Å²) in [6.07, 6.45) is 1.96. The smallest absolute Gasteiger partial charge is 0.339 e. The van der Waals surface area contributed by atoms with E-state index in [2.05, 4.69) is 74.7 Å². The fourth-order valence-corrected chi connectivity index (χ4v) is 3.47. The zero-order valence-electron chi connectivity index (χ0n) is 8.73. The molecule has 1 aromatic carbocycles. The minimum atomic E-state index is -0.214. The molecule has 16 heavy (non-hydrogen) atoms. The van der Waals surface area contributed by atoms with Gasteiger partial charge in [0.25, 0.3) is 0 Å². The summed E-state index contributed by atoms with van der Waals surface area (Å²) in [5, 5.41) is 0. The average molecular weight is 556 g/mol. The lowest BCUT2D eigenvalue weighted by Gasteiger charge is -2.07. The maximum absolute atomic E-state index is 11.8. The molecule has 0 saturated heterocycles. The number of esters is 1. The summed E-state index contributed by atoms with van der Waals surface area (Å²) in [5.74, 6) is -0.214. The van der Waals surface area contributed by atoms with Crippen LogP contribution in [0.3, 0.4) is 0 Å². The Labute approximate surface area is 136 Å². The Morgan fingerprint density at radius 3 is 2.62 bits per heavy atom. The normalized spacial score (nSPS) is 10.2. The van der Waals surface area contributed by atoms with Gasteiger partial charge in [-0.15, -0.1) is 0 Å². The van der Waals surface area contributed by atoms with Gasteiger partial charge in [0.15, 0.2) is 0 Å². The molecule has 0 unspecified atom stereocenters. The quantitative estimate of drug-likeness (QED) is 0.237. The number of carbonyl (C=O) groups excluding carboxylic acids is 1. The number of benzene rings is 1. The van der Waals surface area contributed by atoms with Crippen LogP contribution in [0, 0.1) is 10.7 Å². The van der Waals surface area contributed by atoms with Crippen LogP contribution in [0.25, 0.3) is 0 Å². The van der Waals surface area contributed by atoms with E-state index in [4.69, 9.17) is 4.74 Å². The summed E-state index contributed by atoms with van der Waals surface area (Å²) >= 11 is 6.63. The number of ether oxygens (including phenoxy) is 1. The first-order valence-electron chi connectivity index (χ1n) is 4.88. The van der Waals surface area contributed by atoms with Crippen molar-refractivity contribution >= 4 is 73.7 Å². The fraction of sp³-hybridized carbons (Fsp3) is 0.364. The zero-order chi connectivity index (χ0) is 12.1. The van der Waals surface area contributed by atoms with Crippen LogP contribution in [-0.4, -0.2) is 12.6 Å². The molecular weight excluding hydrogens is 545 g/mol. The largest absolute Gasteiger partial charge is 0.462 e. The van der Waals surface area contributed by atoms with E-state index in [1.807, 2.05) is 12.1 Å². The zero-order valence-corrected chi connectivity index (χ0v) is 15.2. The first kappa shape index (κ1) is 14.9. The van der Waals surface area contributed by atoms with E-state index in [1.54, 1.807) is 0 Å². The second-order valence-electron chi connectivity index (χ2n) is 3.24. The Morgan fingerprint density at radius 2 is 2.00 bits per heavy atom. The van der Waals surface area contributed by atoms with Crippen LogP contribution >= 0.6 is 67.8 Å². The lowest BCUT2D eigenvalue weighted by atomic mass is 10.2. The molecule has 0 saturated carbocycles. The number of hydrogen-bond donors (Lipinski definition) is 0. The van der Waals surface area contributed by atoms with Gasteiger partial charge in [-0.25, -0.2) is 4.79 Å². The summed E-state index contributed by atoms with van der Waals surface area (Å²) < 4.78 is 8.33. The van der Waals surface area contributed by atoms with Gasteiger partial charge in [-0.2, -0.15) is 0 Å². The molecule has 0 aliphatic carbocycles. The van der Waals surface area contributed by atoms with Crippen molar-refractivity contribution < 1.29 is 9.53 Å². The molecule has 88 valence electrons. The third-order valence-electron chi connectivity index (χ3n) is 1.94. The van der Waals surface area contributed by atoms with Gasteiger partial charge >= 0.3 is 5.97 Å². The van der Waals surface area contributed by atoms with Gasteiger partial charge in [0.2, 0.25) is 0 Å². The predicted molar refractivity (Wildman–Crippen MR) is 89.8 cm³/mol. The van der Waals surface area contributed by atoms with Gasteiger partial charge in [-0.1, -0.05) is 13.3 Å². The van der Waals surface area contributed by atoms with Gasteiger partial charge in [0, 0.05) is 10.7 Å². The molecule has 2 nitrogen and oxygen atoms in total.